The van der Waals surface area contributed by atoms with E-state index in [1.54, 1.807) is 12.4 Å². The minimum atomic E-state index is -0.0155. The number of nitrogens with zero attached hydrogens (tertiary/aromatic N) is 1. The van der Waals surface area contributed by atoms with Crippen molar-refractivity contribution in [2.75, 3.05) is 6.54 Å². The lowest BCUT2D eigenvalue weighted by atomic mass is 10.0. The molecule has 2 aromatic rings. The van der Waals surface area contributed by atoms with E-state index in [0.717, 1.165) is 16.7 Å². The Hall–Kier alpha value is -1.91. The molecule has 0 aliphatic carbocycles. The Labute approximate surface area is 131 Å². The fourth-order valence-electron chi connectivity index (χ4n) is 2.04. The topological polar surface area (TPSA) is 68.0 Å². The minimum absolute atomic E-state index is 0. The van der Waals surface area contributed by atoms with E-state index in [-0.39, 0.29) is 24.4 Å². The number of amides is 1. The van der Waals surface area contributed by atoms with Crippen LogP contribution in [-0.2, 0) is 4.79 Å². The molecular weight excluding hydrogens is 286 g/mol. The Balaban J connectivity index is 0.00000220. The van der Waals surface area contributed by atoms with Crippen LogP contribution in [0.25, 0.3) is 11.1 Å². The lowest BCUT2D eigenvalue weighted by Gasteiger charge is -2.14. The summed E-state index contributed by atoms with van der Waals surface area (Å²) in [6.07, 6.45) is 3.91. The standard InChI is InChI=1S/C16H19N3O.ClH/c1-12(19-16(20)6-9-17)13-2-4-14(5-3-13)15-7-10-18-11-8-15;/h2-5,7-8,10-12H,6,9,17H2,1H3,(H,19,20);1H. The summed E-state index contributed by atoms with van der Waals surface area (Å²) in [5, 5.41) is 2.93. The normalized spacial score (nSPS) is 11.3. The second-order valence-corrected chi connectivity index (χ2v) is 4.69. The monoisotopic (exact) mass is 305 g/mol. The zero-order valence-corrected chi connectivity index (χ0v) is 12.8. The fourth-order valence-corrected chi connectivity index (χ4v) is 2.04. The van der Waals surface area contributed by atoms with Crippen LogP contribution in [0.5, 0.6) is 0 Å². The summed E-state index contributed by atoms with van der Waals surface area (Å²) >= 11 is 0. The molecule has 112 valence electrons. The summed E-state index contributed by atoms with van der Waals surface area (Å²) < 4.78 is 0. The van der Waals surface area contributed by atoms with E-state index >= 15 is 0 Å². The van der Waals surface area contributed by atoms with Gasteiger partial charge in [-0.3, -0.25) is 9.78 Å². The van der Waals surface area contributed by atoms with E-state index in [2.05, 4.69) is 22.4 Å². The molecule has 4 nitrogen and oxygen atoms in total. The van der Waals surface area contributed by atoms with Crippen molar-refractivity contribution in [1.29, 1.82) is 0 Å². The number of carbonyl (C=O) groups excluding carboxylic acids is 1. The SMILES string of the molecule is CC(NC(=O)CCN)c1ccc(-c2ccncc2)cc1.Cl. The van der Waals surface area contributed by atoms with Gasteiger partial charge in [-0.1, -0.05) is 24.3 Å². The third kappa shape index (κ3) is 4.85. The van der Waals surface area contributed by atoms with Crippen molar-refractivity contribution in [2.45, 2.75) is 19.4 Å². The third-order valence-corrected chi connectivity index (χ3v) is 3.17. The Kier molecular flexibility index (Phi) is 6.85. The van der Waals surface area contributed by atoms with Gasteiger partial charge in [-0.15, -0.1) is 12.4 Å². The first kappa shape index (κ1) is 17.1. The van der Waals surface area contributed by atoms with Crippen LogP contribution in [0.3, 0.4) is 0 Å². The Bertz CT molecular complexity index is 557. The average molecular weight is 306 g/mol. The number of rotatable bonds is 5. The second-order valence-electron chi connectivity index (χ2n) is 4.69. The molecule has 1 atom stereocenters. The van der Waals surface area contributed by atoms with Crippen LogP contribution in [0, 0.1) is 0 Å². The molecular formula is C16H20ClN3O. The number of hydrogen-bond acceptors (Lipinski definition) is 3. The summed E-state index contributed by atoms with van der Waals surface area (Å²) in [5.41, 5.74) is 8.71. The number of hydrogen-bond donors (Lipinski definition) is 2. The number of carbonyl (C=O) groups is 1. The Morgan fingerprint density at radius 3 is 2.29 bits per heavy atom. The largest absolute Gasteiger partial charge is 0.350 e. The van der Waals surface area contributed by atoms with E-state index in [4.69, 9.17) is 5.73 Å². The Morgan fingerprint density at radius 1 is 1.14 bits per heavy atom. The lowest BCUT2D eigenvalue weighted by Crippen LogP contribution is -2.28. The second kappa shape index (κ2) is 8.39. The highest BCUT2D eigenvalue weighted by molar-refractivity contribution is 5.85. The molecule has 1 heterocycles. The van der Waals surface area contributed by atoms with Gasteiger partial charge in [-0.05, 0) is 35.7 Å². The minimum Gasteiger partial charge on any atom is -0.350 e. The fraction of sp³-hybridized carbons (Fsp3) is 0.250. The zero-order valence-electron chi connectivity index (χ0n) is 12.0. The van der Waals surface area contributed by atoms with Gasteiger partial charge in [0.25, 0.3) is 0 Å². The van der Waals surface area contributed by atoms with Gasteiger partial charge in [0.2, 0.25) is 5.91 Å². The van der Waals surface area contributed by atoms with E-state index in [1.807, 2.05) is 31.2 Å². The number of nitrogens with two attached hydrogens (primary N) is 1. The van der Waals surface area contributed by atoms with Crippen LogP contribution in [-0.4, -0.2) is 17.4 Å². The van der Waals surface area contributed by atoms with Gasteiger partial charge in [0.05, 0.1) is 6.04 Å². The number of aromatic nitrogens is 1. The van der Waals surface area contributed by atoms with Gasteiger partial charge in [0, 0.05) is 25.4 Å². The number of halogens is 1. The molecule has 0 saturated heterocycles. The molecule has 5 heteroatoms. The molecule has 1 unspecified atom stereocenters. The first-order chi connectivity index (χ1) is 9.70. The van der Waals surface area contributed by atoms with E-state index in [0.29, 0.717) is 13.0 Å². The number of nitrogens with one attached hydrogen (secondary N) is 1. The van der Waals surface area contributed by atoms with Crippen molar-refractivity contribution >= 4 is 18.3 Å². The quantitative estimate of drug-likeness (QED) is 0.892. The molecule has 1 aromatic carbocycles. The van der Waals surface area contributed by atoms with Crippen molar-refractivity contribution in [3.05, 3.63) is 54.4 Å². The number of benzene rings is 1. The van der Waals surface area contributed by atoms with Crippen LogP contribution >= 0.6 is 12.4 Å². The van der Waals surface area contributed by atoms with E-state index < -0.39 is 0 Å². The van der Waals surface area contributed by atoms with Gasteiger partial charge >= 0.3 is 0 Å². The summed E-state index contributed by atoms with van der Waals surface area (Å²) in [5.74, 6) is -0.0155. The molecule has 0 bridgehead atoms. The van der Waals surface area contributed by atoms with Crippen LogP contribution in [0.2, 0.25) is 0 Å². The van der Waals surface area contributed by atoms with Gasteiger partial charge in [0.1, 0.15) is 0 Å². The maximum absolute atomic E-state index is 11.5. The van der Waals surface area contributed by atoms with Crippen LogP contribution in [0.1, 0.15) is 24.9 Å². The van der Waals surface area contributed by atoms with Gasteiger partial charge in [-0.2, -0.15) is 0 Å². The zero-order chi connectivity index (χ0) is 14.4. The summed E-state index contributed by atoms with van der Waals surface area (Å²) in [6.45, 7) is 2.34. The van der Waals surface area contributed by atoms with Crippen molar-refractivity contribution in [3.63, 3.8) is 0 Å². The molecule has 0 aliphatic rings. The summed E-state index contributed by atoms with van der Waals surface area (Å²) in [4.78, 5) is 15.5. The maximum atomic E-state index is 11.5. The van der Waals surface area contributed by atoms with Crippen LogP contribution < -0.4 is 11.1 Å². The van der Waals surface area contributed by atoms with Crippen LogP contribution in [0.4, 0.5) is 0 Å². The molecule has 21 heavy (non-hydrogen) atoms. The highest BCUT2D eigenvalue weighted by Crippen LogP contribution is 2.21. The molecule has 0 fully saturated rings. The van der Waals surface area contributed by atoms with Crippen molar-refractivity contribution in [3.8, 4) is 11.1 Å². The van der Waals surface area contributed by atoms with E-state index in [9.17, 15) is 4.79 Å². The predicted molar refractivity (Wildman–Crippen MR) is 87.2 cm³/mol. The summed E-state index contributed by atoms with van der Waals surface area (Å²) in [6, 6.07) is 12.1. The third-order valence-electron chi connectivity index (χ3n) is 3.17. The van der Waals surface area contributed by atoms with E-state index in [1.165, 1.54) is 0 Å². The predicted octanol–water partition coefficient (Wildman–Crippen LogP) is 2.70. The van der Waals surface area contributed by atoms with Crippen LogP contribution in [0.15, 0.2) is 48.8 Å². The molecule has 0 spiro atoms. The molecule has 2 rings (SSSR count). The smallest absolute Gasteiger partial charge is 0.221 e. The van der Waals surface area contributed by atoms with Gasteiger partial charge < -0.3 is 11.1 Å². The first-order valence-corrected chi connectivity index (χ1v) is 6.70. The highest BCUT2D eigenvalue weighted by Gasteiger charge is 2.08. The molecule has 1 amide bonds. The molecule has 0 radical (unpaired) electrons. The molecule has 0 aliphatic heterocycles. The Morgan fingerprint density at radius 2 is 1.71 bits per heavy atom. The maximum Gasteiger partial charge on any atom is 0.221 e. The van der Waals surface area contributed by atoms with Crippen molar-refractivity contribution < 1.29 is 4.79 Å². The first-order valence-electron chi connectivity index (χ1n) is 6.70. The lowest BCUT2D eigenvalue weighted by molar-refractivity contribution is -0.121. The number of pyridine rings is 1. The van der Waals surface area contributed by atoms with Gasteiger partial charge in [0.15, 0.2) is 0 Å². The summed E-state index contributed by atoms with van der Waals surface area (Å²) in [7, 11) is 0. The molecule has 3 N–H and O–H groups in total. The van der Waals surface area contributed by atoms with Gasteiger partial charge in [-0.25, -0.2) is 0 Å². The highest BCUT2D eigenvalue weighted by atomic mass is 35.5. The molecule has 1 aromatic heterocycles. The molecule has 0 saturated carbocycles. The average Bonchev–Trinajstić information content (AvgIpc) is 2.48. The van der Waals surface area contributed by atoms with Crippen molar-refractivity contribution in [1.82, 2.24) is 10.3 Å². The van der Waals surface area contributed by atoms with Crippen molar-refractivity contribution in [2.24, 2.45) is 5.73 Å².